The Bertz CT molecular complexity index is 848. The van der Waals surface area contributed by atoms with Gasteiger partial charge in [0.15, 0.2) is 0 Å². The van der Waals surface area contributed by atoms with Gasteiger partial charge in [0.05, 0.1) is 25.6 Å². The molecule has 0 radical (unpaired) electrons. The molecular weight excluding hydrogens is 330 g/mol. The lowest BCUT2D eigenvalue weighted by molar-refractivity contribution is 0.168. The van der Waals surface area contributed by atoms with E-state index in [1.807, 2.05) is 53.2 Å². The maximum Gasteiger partial charge on any atom is 0.411 e. The van der Waals surface area contributed by atoms with Crippen LogP contribution in [0.2, 0.25) is 0 Å². The smallest absolute Gasteiger partial charge is 0.411 e. The molecule has 0 saturated carbocycles. The van der Waals surface area contributed by atoms with Gasteiger partial charge in [0.25, 0.3) is 0 Å². The highest BCUT2D eigenvalue weighted by molar-refractivity contribution is 5.85. The molecule has 0 spiro atoms. The zero-order chi connectivity index (χ0) is 18.4. The number of anilines is 1. The molecule has 3 aromatic rings. The van der Waals surface area contributed by atoms with Gasteiger partial charge in [-0.1, -0.05) is 36.4 Å². The summed E-state index contributed by atoms with van der Waals surface area (Å²) in [5.41, 5.74) is 3.23. The van der Waals surface area contributed by atoms with Crippen molar-refractivity contribution in [3.63, 3.8) is 0 Å². The van der Waals surface area contributed by atoms with Crippen molar-refractivity contribution in [2.45, 2.75) is 19.6 Å². The Balaban J connectivity index is 1.99. The summed E-state index contributed by atoms with van der Waals surface area (Å²) in [6.07, 6.45) is 4.87. The molecule has 2 N–H and O–H groups in total. The number of ether oxygens (including phenoxy) is 1. The molecule has 6 heteroatoms. The van der Waals surface area contributed by atoms with Crippen LogP contribution in [-0.2, 0) is 11.3 Å². The quantitative estimate of drug-likeness (QED) is 0.712. The Labute approximate surface area is 152 Å². The number of carbonyl (C=O) groups excluding carboxylic acids is 1. The average molecular weight is 351 g/mol. The van der Waals surface area contributed by atoms with Crippen LogP contribution in [0.3, 0.4) is 0 Å². The van der Waals surface area contributed by atoms with Gasteiger partial charge in [0.1, 0.15) is 0 Å². The number of aliphatic hydroxyl groups excluding tert-OH is 1. The Kier molecular flexibility index (Phi) is 5.66. The van der Waals surface area contributed by atoms with Crippen molar-refractivity contribution < 1.29 is 14.6 Å². The van der Waals surface area contributed by atoms with E-state index in [2.05, 4.69) is 10.3 Å². The van der Waals surface area contributed by atoms with Gasteiger partial charge in [0, 0.05) is 23.6 Å². The molecule has 0 saturated heterocycles. The van der Waals surface area contributed by atoms with E-state index in [0.717, 1.165) is 11.1 Å². The molecule has 0 fully saturated rings. The molecular formula is C20H21N3O3. The second-order valence-electron chi connectivity index (χ2n) is 5.74. The van der Waals surface area contributed by atoms with Crippen molar-refractivity contribution in [1.82, 2.24) is 9.55 Å². The Morgan fingerprint density at radius 2 is 2.04 bits per heavy atom. The third-order valence-corrected chi connectivity index (χ3v) is 4.07. The van der Waals surface area contributed by atoms with E-state index in [0.29, 0.717) is 11.3 Å². The number of aliphatic hydroxyl groups is 1. The Morgan fingerprint density at radius 1 is 1.23 bits per heavy atom. The topological polar surface area (TPSA) is 76.4 Å². The van der Waals surface area contributed by atoms with Crippen LogP contribution in [-0.4, -0.2) is 27.4 Å². The minimum absolute atomic E-state index is 0.0827. The number of nitrogens with zero attached hydrogens (tertiary/aromatic N) is 2. The van der Waals surface area contributed by atoms with Gasteiger partial charge in [-0.15, -0.1) is 0 Å². The fourth-order valence-corrected chi connectivity index (χ4v) is 2.91. The number of hydrogen-bond acceptors (Lipinski definition) is 4. The molecule has 1 heterocycles. The Hall–Kier alpha value is -3.12. The van der Waals surface area contributed by atoms with Crippen LogP contribution in [0.15, 0.2) is 67.3 Å². The first-order chi connectivity index (χ1) is 12.7. The van der Waals surface area contributed by atoms with Gasteiger partial charge in [-0.05, 0) is 30.2 Å². The number of imidazole rings is 1. The van der Waals surface area contributed by atoms with E-state index in [-0.39, 0.29) is 19.3 Å². The first-order valence-electron chi connectivity index (χ1n) is 8.42. The van der Waals surface area contributed by atoms with E-state index in [1.54, 1.807) is 25.5 Å². The van der Waals surface area contributed by atoms with E-state index in [4.69, 9.17) is 4.74 Å². The molecule has 1 unspecified atom stereocenters. The SMILES string of the molecule is CCOC(=O)Nc1ccc(C(c2ccccc2)n2ccnc2)cc1CO. The number of hydrogen-bond donors (Lipinski definition) is 2. The van der Waals surface area contributed by atoms with E-state index >= 15 is 0 Å². The summed E-state index contributed by atoms with van der Waals surface area (Å²) < 4.78 is 6.91. The molecule has 1 aromatic heterocycles. The standard InChI is InChI=1S/C20H21N3O3/c1-2-26-20(25)22-18-9-8-16(12-17(18)13-24)19(23-11-10-21-14-23)15-6-4-3-5-7-15/h3-12,14,19,24H,2,13H2,1H3,(H,22,25). The van der Waals surface area contributed by atoms with E-state index in [9.17, 15) is 9.90 Å². The van der Waals surface area contributed by atoms with Crippen LogP contribution >= 0.6 is 0 Å². The summed E-state index contributed by atoms with van der Waals surface area (Å²) in [7, 11) is 0. The fraction of sp³-hybridized carbons (Fsp3) is 0.200. The van der Waals surface area contributed by atoms with Crippen LogP contribution < -0.4 is 5.32 Å². The summed E-state index contributed by atoms with van der Waals surface area (Å²) in [5, 5.41) is 12.4. The van der Waals surface area contributed by atoms with E-state index < -0.39 is 6.09 Å². The fourth-order valence-electron chi connectivity index (χ4n) is 2.91. The third kappa shape index (κ3) is 3.92. The van der Waals surface area contributed by atoms with Gasteiger partial charge < -0.3 is 14.4 Å². The van der Waals surface area contributed by atoms with Crippen LogP contribution in [0.1, 0.15) is 29.7 Å². The maximum absolute atomic E-state index is 11.7. The second-order valence-corrected chi connectivity index (χ2v) is 5.74. The van der Waals surface area contributed by atoms with Crippen LogP contribution in [0.4, 0.5) is 10.5 Å². The second kappa shape index (κ2) is 8.31. The molecule has 6 nitrogen and oxygen atoms in total. The minimum atomic E-state index is -0.538. The Morgan fingerprint density at radius 3 is 2.69 bits per heavy atom. The number of aromatic nitrogens is 2. The van der Waals surface area contributed by atoms with Gasteiger partial charge in [0.2, 0.25) is 0 Å². The zero-order valence-electron chi connectivity index (χ0n) is 14.5. The summed E-state index contributed by atoms with van der Waals surface area (Å²) in [6, 6.07) is 15.6. The summed E-state index contributed by atoms with van der Waals surface area (Å²) in [6.45, 7) is 1.83. The zero-order valence-corrected chi connectivity index (χ0v) is 14.5. The van der Waals surface area contributed by atoms with Gasteiger partial charge >= 0.3 is 6.09 Å². The summed E-state index contributed by atoms with van der Waals surface area (Å²) >= 11 is 0. The normalized spacial score (nSPS) is 11.8. The van der Waals surface area contributed by atoms with Crippen molar-refractivity contribution in [3.05, 3.63) is 83.9 Å². The van der Waals surface area contributed by atoms with Crippen LogP contribution in [0.25, 0.3) is 0 Å². The summed E-state index contributed by atoms with van der Waals surface area (Å²) in [5.74, 6) is 0. The third-order valence-electron chi connectivity index (χ3n) is 4.07. The molecule has 134 valence electrons. The van der Waals surface area contributed by atoms with Crippen molar-refractivity contribution >= 4 is 11.8 Å². The molecule has 1 amide bonds. The lowest BCUT2D eigenvalue weighted by Gasteiger charge is -2.21. The highest BCUT2D eigenvalue weighted by Crippen LogP contribution is 2.29. The van der Waals surface area contributed by atoms with Gasteiger partial charge in [-0.2, -0.15) is 0 Å². The first kappa shape index (κ1) is 17.7. The van der Waals surface area contributed by atoms with Crippen LogP contribution in [0.5, 0.6) is 0 Å². The first-order valence-corrected chi connectivity index (χ1v) is 8.42. The largest absolute Gasteiger partial charge is 0.450 e. The van der Waals surface area contributed by atoms with Crippen molar-refractivity contribution in [1.29, 1.82) is 0 Å². The van der Waals surface area contributed by atoms with Crippen molar-refractivity contribution in [2.75, 3.05) is 11.9 Å². The molecule has 0 aliphatic heterocycles. The number of benzene rings is 2. The number of rotatable bonds is 6. The lowest BCUT2D eigenvalue weighted by atomic mass is 9.96. The van der Waals surface area contributed by atoms with Crippen molar-refractivity contribution in [3.8, 4) is 0 Å². The monoisotopic (exact) mass is 351 g/mol. The maximum atomic E-state index is 11.7. The predicted octanol–water partition coefficient (Wildman–Crippen LogP) is 3.58. The highest BCUT2D eigenvalue weighted by atomic mass is 16.5. The van der Waals surface area contributed by atoms with Gasteiger partial charge in [-0.25, -0.2) is 9.78 Å². The number of amides is 1. The minimum Gasteiger partial charge on any atom is -0.450 e. The molecule has 3 rings (SSSR count). The number of nitrogens with one attached hydrogen (secondary N) is 1. The number of carbonyl (C=O) groups is 1. The molecule has 26 heavy (non-hydrogen) atoms. The summed E-state index contributed by atoms with van der Waals surface area (Å²) in [4.78, 5) is 15.8. The molecule has 0 aliphatic carbocycles. The average Bonchev–Trinajstić information content (AvgIpc) is 3.18. The van der Waals surface area contributed by atoms with Crippen LogP contribution in [0, 0.1) is 0 Å². The van der Waals surface area contributed by atoms with Gasteiger partial charge in [-0.3, -0.25) is 5.32 Å². The molecule has 0 aliphatic rings. The van der Waals surface area contributed by atoms with Crippen molar-refractivity contribution in [2.24, 2.45) is 0 Å². The van der Waals surface area contributed by atoms with E-state index in [1.165, 1.54) is 0 Å². The molecule has 2 aromatic carbocycles. The predicted molar refractivity (Wildman–Crippen MR) is 98.9 cm³/mol. The highest BCUT2D eigenvalue weighted by Gasteiger charge is 2.18. The lowest BCUT2D eigenvalue weighted by Crippen LogP contribution is -2.16. The molecule has 1 atom stereocenters. The molecule has 0 bridgehead atoms.